The molecule has 0 unspecified atom stereocenters. The molecule has 3 aromatic rings. The lowest BCUT2D eigenvalue weighted by atomic mass is 10.2. The van der Waals surface area contributed by atoms with Crippen molar-refractivity contribution in [2.45, 2.75) is 13.5 Å². The third kappa shape index (κ3) is 5.32. The number of methoxy groups -OCH3 is 1. The standard InChI is InChI=1S/C20H19ClN4O4/c1-13-19(24-25(23-13)16-5-3-4-15(21)10-16)20(27)29-12-18(26)22-11-14-6-8-17(28-2)9-7-14/h3-10H,11-12H2,1-2H3,(H,22,26). The van der Waals surface area contributed by atoms with Crippen molar-refractivity contribution >= 4 is 23.5 Å². The van der Waals surface area contributed by atoms with Crippen LogP contribution in [0.15, 0.2) is 48.5 Å². The molecule has 0 aliphatic carbocycles. The minimum absolute atomic E-state index is 0.0351. The lowest BCUT2D eigenvalue weighted by Crippen LogP contribution is -2.28. The molecule has 0 spiro atoms. The van der Waals surface area contributed by atoms with Crippen LogP contribution in [0.1, 0.15) is 21.7 Å². The highest BCUT2D eigenvalue weighted by molar-refractivity contribution is 6.30. The monoisotopic (exact) mass is 414 g/mol. The Kier molecular flexibility index (Phi) is 6.46. The Morgan fingerprint density at radius 3 is 2.59 bits per heavy atom. The van der Waals surface area contributed by atoms with Gasteiger partial charge in [0.15, 0.2) is 12.3 Å². The molecule has 9 heteroatoms. The number of halogens is 1. The highest BCUT2D eigenvalue weighted by atomic mass is 35.5. The number of hydrogen-bond donors (Lipinski definition) is 1. The number of nitrogens with zero attached hydrogens (tertiary/aromatic N) is 3. The molecule has 0 bridgehead atoms. The van der Waals surface area contributed by atoms with Gasteiger partial charge in [-0.15, -0.1) is 5.10 Å². The summed E-state index contributed by atoms with van der Waals surface area (Å²) in [6.07, 6.45) is 0. The smallest absolute Gasteiger partial charge is 0.361 e. The van der Waals surface area contributed by atoms with Gasteiger partial charge in [-0.1, -0.05) is 29.8 Å². The van der Waals surface area contributed by atoms with Gasteiger partial charge in [0.1, 0.15) is 5.75 Å². The summed E-state index contributed by atoms with van der Waals surface area (Å²) < 4.78 is 10.1. The van der Waals surface area contributed by atoms with E-state index in [4.69, 9.17) is 21.1 Å². The van der Waals surface area contributed by atoms with Gasteiger partial charge in [0.25, 0.3) is 5.91 Å². The maximum absolute atomic E-state index is 12.3. The van der Waals surface area contributed by atoms with Crippen molar-refractivity contribution in [3.8, 4) is 11.4 Å². The molecule has 1 amide bonds. The highest BCUT2D eigenvalue weighted by Crippen LogP contribution is 2.15. The SMILES string of the molecule is COc1ccc(CNC(=O)COC(=O)c2nn(-c3cccc(Cl)c3)nc2C)cc1. The van der Waals surface area contributed by atoms with E-state index in [1.54, 1.807) is 50.4 Å². The molecule has 0 atom stereocenters. The summed E-state index contributed by atoms with van der Waals surface area (Å²) in [4.78, 5) is 25.5. The number of amides is 1. The van der Waals surface area contributed by atoms with Gasteiger partial charge in [-0.3, -0.25) is 4.79 Å². The van der Waals surface area contributed by atoms with E-state index in [0.29, 0.717) is 22.9 Å². The van der Waals surface area contributed by atoms with Crippen LogP contribution in [-0.2, 0) is 16.1 Å². The van der Waals surface area contributed by atoms with Gasteiger partial charge in [-0.2, -0.15) is 9.90 Å². The van der Waals surface area contributed by atoms with E-state index in [-0.39, 0.29) is 5.69 Å². The third-order valence-electron chi connectivity index (χ3n) is 4.00. The number of carbonyl (C=O) groups is 2. The predicted molar refractivity (Wildman–Crippen MR) is 106 cm³/mol. The molecule has 8 nitrogen and oxygen atoms in total. The van der Waals surface area contributed by atoms with Crippen LogP contribution in [0.2, 0.25) is 5.02 Å². The molecule has 0 aliphatic rings. The second-order valence-electron chi connectivity index (χ2n) is 6.10. The van der Waals surface area contributed by atoms with E-state index < -0.39 is 18.5 Å². The lowest BCUT2D eigenvalue weighted by Gasteiger charge is -2.07. The van der Waals surface area contributed by atoms with Gasteiger partial charge >= 0.3 is 5.97 Å². The number of aromatic nitrogens is 3. The molecule has 0 radical (unpaired) electrons. The van der Waals surface area contributed by atoms with Crippen molar-refractivity contribution in [2.24, 2.45) is 0 Å². The van der Waals surface area contributed by atoms with Crippen molar-refractivity contribution < 1.29 is 19.1 Å². The molecule has 1 heterocycles. The van der Waals surface area contributed by atoms with E-state index in [2.05, 4.69) is 15.5 Å². The van der Waals surface area contributed by atoms with Crippen LogP contribution in [-0.4, -0.2) is 40.6 Å². The Labute approximate surface area is 172 Å². The van der Waals surface area contributed by atoms with E-state index in [1.165, 1.54) is 4.80 Å². The minimum Gasteiger partial charge on any atom is -0.497 e. The van der Waals surface area contributed by atoms with Crippen molar-refractivity contribution in [1.82, 2.24) is 20.3 Å². The highest BCUT2D eigenvalue weighted by Gasteiger charge is 2.19. The summed E-state index contributed by atoms with van der Waals surface area (Å²) in [6.45, 7) is 1.52. The van der Waals surface area contributed by atoms with Crippen LogP contribution in [0.4, 0.5) is 0 Å². The van der Waals surface area contributed by atoms with Crippen molar-refractivity contribution in [3.63, 3.8) is 0 Å². The molecule has 0 saturated carbocycles. The fourth-order valence-electron chi connectivity index (χ4n) is 2.48. The van der Waals surface area contributed by atoms with Gasteiger partial charge < -0.3 is 14.8 Å². The zero-order valence-corrected chi connectivity index (χ0v) is 16.6. The number of rotatable bonds is 7. The molecule has 150 valence electrons. The van der Waals surface area contributed by atoms with Gasteiger partial charge in [-0.25, -0.2) is 4.79 Å². The number of ether oxygens (including phenoxy) is 2. The van der Waals surface area contributed by atoms with Gasteiger partial charge in [0.2, 0.25) is 0 Å². The summed E-state index contributed by atoms with van der Waals surface area (Å²) >= 11 is 5.97. The largest absolute Gasteiger partial charge is 0.497 e. The van der Waals surface area contributed by atoms with Crippen LogP contribution < -0.4 is 10.1 Å². The molecule has 1 aromatic heterocycles. The summed E-state index contributed by atoms with van der Waals surface area (Å²) in [5, 5.41) is 11.5. The maximum atomic E-state index is 12.3. The molecule has 0 fully saturated rings. The summed E-state index contributed by atoms with van der Waals surface area (Å²) in [5.74, 6) is -0.417. The molecule has 3 rings (SSSR count). The number of benzene rings is 2. The number of carbonyl (C=O) groups excluding carboxylic acids is 2. The first kappa shape index (κ1) is 20.3. The number of hydrogen-bond acceptors (Lipinski definition) is 6. The van der Waals surface area contributed by atoms with Gasteiger partial charge in [0.05, 0.1) is 18.5 Å². The summed E-state index contributed by atoms with van der Waals surface area (Å²) in [5.41, 5.74) is 1.92. The molecule has 1 N–H and O–H groups in total. The van der Waals surface area contributed by atoms with Crippen molar-refractivity contribution in [1.29, 1.82) is 0 Å². The molecular weight excluding hydrogens is 396 g/mol. The molecule has 29 heavy (non-hydrogen) atoms. The second-order valence-corrected chi connectivity index (χ2v) is 6.54. The quantitative estimate of drug-likeness (QED) is 0.597. The Morgan fingerprint density at radius 2 is 1.90 bits per heavy atom. The van der Waals surface area contributed by atoms with E-state index in [0.717, 1.165) is 11.3 Å². The van der Waals surface area contributed by atoms with Gasteiger partial charge in [0, 0.05) is 11.6 Å². The van der Waals surface area contributed by atoms with Crippen molar-refractivity contribution in [2.75, 3.05) is 13.7 Å². The molecular formula is C20H19ClN4O4. The molecule has 0 aliphatic heterocycles. The maximum Gasteiger partial charge on any atom is 0.361 e. The van der Waals surface area contributed by atoms with E-state index >= 15 is 0 Å². The zero-order valence-electron chi connectivity index (χ0n) is 15.9. The lowest BCUT2D eigenvalue weighted by molar-refractivity contribution is -0.124. The molecule has 0 saturated heterocycles. The first-order chi connectivity index (χ1) is 14.0. The fourth-order valence-corrected chi connectivity index (χ4v) is 2.66. The van der Waals surface area contributed by atoms with Crippen LogP contribution in [0, 0.1) is 6.92 Å². The van der Waals surface area contributed by atoms with E-state index in [9.17, 15) is 9.59 Å². The van der Waals surface area contributed by atoms with Crippen molar-refractivity contribution in [3.05, 3.63) is 70.5 Å². The summed E-state index contributed by atoms with van der Waals surface area (Å²) in [7, 11) is 1.58. The summed E-state index contributed by atoms with van der Waals surface area (Å²) in [6, 6.07) is 14.2. The van der Waals surface area contributed by atoms with Crippen LogP contribution in [0.3, 0.4) is 0 Å². The Hall–Kier alpha value is -3.39. The fraction of sp³-hybridized carbons (Fsp3) is 0.200. The van der Waals surface area contributed by atoms with Crippen LogP contribution in [0.5, 0.6) is 5.75 Å². The van der Waals surface area contributed by atoms with E-state index in [1.807, 2.05) is 12.1 Å². The van der Waals surface area contributed by atoms with Gasteiger partial charge in [-0.05, 0) is 42.8 Å². The average molecular weight is 415 g/mol. The number of nitrogens with one attached hydrogen (secondary N) is 1. The zero-order chi connectivity index (χ0) is 20.8. The topological polar surface area (TPSA) is 95.3 Å². The normalized spacial score (nSPS) is 10.4. The Balaban J connectivity index is 1.54. The third-order valence-corrected chi connectivity index (χ3v) is 4.23. The average Bonchev–Trinajstić information content (AvgIpc) is 3.12. The predicted octanol–water partition coefficient (Wildman–Crippen LogP) is 2.71. The van der Waals surface area contributed by atoms with Crippen LogP contribution in [0.25, 0.3) is 5.69 Å². The number of aryl methyl sites for hydroxylation is 1. The first-order valence-corrected chi connectivity index (χ1v) is 9.10. The second kappa shape index (κ2) is 9.20. The minimum atomic E-state index is -0.727. The number of esters is 1. The Bertz CT molecular complexity index is 1020. The molecule has 2 aromatic carbocycles. The Morgan fingerprint density at radius 1 is 1.14 bits per heavy atom. The van der Waals surface area contributed by atoms with Crippen LogP contribution >= 0.6 is 11.6 Å². The first-order valence-electron chi connectivity index (χ1n) is 8.73.